The standard InChI is InChI=1S/C15H16BrNO3S/c1-10-4-6-13(8-11(10)2)21(18,19)17-14-9-12(16)5-7-15(14)20-3/h4-9,17H,1-3H3. The summed E-state index contributed by atoms with van der Waals surface area (Å²) in [4.78, 5) is 0.229. The molecule has 0 aromatic heterocycles. The fourth-order valence-electron chi connectivity index (χ4n) is 1.84. The van der Waals surface area contributed by atoms with Crippen LogP contribution in [0.2, 0.25) is 0 Å². The van der Waals surface area contributed by atoms with Gasteiger partial charge in [0, 0.05) is 4.47 Å². The van der Waals surface area contributed by atoms with Crippen LogP contribution in [-0.4, -0.2) is 15.5 Å². The molecule has 2 aromatic carbocycles. The van der Waals surface area contributed by atoms with E-state index in [1.165, 1.54) is 7.11 Å². The molecule has 0 aliphatic carbocycles. The fourth-order valence-corrected chi connectivity index (χ4v) is 3.35. The summed E-state index contributed by atoms with van der Waals surface area (Å²) < 4.78 is 33.4. The van der Waals surface area contributed by atoms with Crippen molar-refractivity contribution in [1.82, 2.24) is 0 Å². The Bertz CT molecular complexity index is 772. The van der Waals surface area contributed by atoms with Crippen molar-refractivity contribution in [3.05, 3.63) is 52.0 Å². The molecule has 112 valence electrons. The van der Waals surface area contributed by atoms with Gasteiger partial charge in [0.25, 0.3) is 10.0 Å². The average Bonchev–Trinajstić information content (AvgIpc) is 2.41. The molecule has 0 amide bonds. The van der Waals surface area contributed by atoms with Crippen LogP contribution in [0.15, 0.2) is 45.8 Å². The lowest BCUT2D eigenvalue weighted by Crippen LogP contribution is -2.14. The van der Waals surface area contributed by atoms with Gasteiger partial charge in [0.1, 0.15) is 5.75 Å². The quantitative estimate of drug-likeness (QED) is 0.889. The number of anilines is 1. The van der Waals surface area contributed by atoms with Crippen molar-refractivity contribution in [1.29, 1.82) is 0 Å². The highest BCUT2D eigenvalue weighted by Gasteiger charge is 2.17. The summed E-state index contributed by atoms with van der Waals surface area (Å²) in [5, 5.41) is 0. The molecule has 0 bridgehead atoms. The molecular formula is C15H16BrNO3S. The minimum atomic E-state index is -3.65. The molecule has 21 heavy (non-hydrogen) atoms. The van der Waals surface area contributed by atoms with Gasteiger partial charge in [0.2, 0.25) is 0 Å². The maximum atomic E-state index is 12.5. The Morgan fingerprint density at radius 2 is 1.76 bits per heavy atom. The third kappa shape index (κ3) is 3.57. The molecule has 0 aliphatic rings. The lowest BCUT2D eigenvalue weighted by molar-refractivity contribution is 0.417. The maximum absolute atomic E-state index is 12.5. The minimum absolute atomic E-state index is 0.229. The van der Waals surface area contributed by atoms with Crippen LogP contribution in [-0.2, 0) is 10.0 Å². The number of benzene rings is 2. The summed E-state index contributed by atoms with van der Waals surface area (Å²) >= 11 is 3.32. The maximum Gasteiger partial charge on any atom is 0.262 e. The van der Waals surface area contributed by atoms with Crippen molar-refractivity contribution in [3.63, 3.8) is 0 Å². The Balaban J connectivity index is 2.41. The predicted molar refractivity (Wildman–Crippen MR) is 87.4 cm³/mol. The van der Waals surface area contributed by atoms with Crippen molar-refractivity contribution in [2.45, 2.75) is 18.7 Å². The van der Waals surface area contributed by atoms with Gasteiger partial charge in [-0.25, -0.2) is 8.42 Å². The van der Waals surface area contributed by atoms with Crippen molar-refractivity contribution in [2.75, 3.05) is 11.8 Å². The van der Waals surface area contributed by atoms with Gasteiger partial charge in [0.05, 0.1) is 17.7 Å². The first-order valence-corrected chi connectivity index (χ1v) is 8.55. The third-order valence-corrected chi connectivity index (χ3v) is 5.05. The Morgan fingerprint density at radius 3 is 2.38 bits per heavy atom. The minimum Gasteiger partial charge on any atom is -0.495 e. The first kappa shape index (κ1) is 15.9. The van der Waals surface area contributed by atoms with Crippen LogP contribution < -0.4 is 9.46 Å². The molecule has 0 spiro atoms. The molecular weight excluding hydrogens is 354 g/mol. The highest BCUT2D eigenvalue weighted by atomic mass is 79.9. The zero-order chi connectivity index (χ0) is 15.6. The molecule has 0 fully saturated rings. The molecule has 1 N–H and O–H groups in total. The monoisotopic (exact) mass is 369 g/mol. The van der Waals surface area contributed by atoms with Crippen LogP contribution in [0, 0.1) is 13.8 Å². The van der Waals surface area contributed by atoms with Gasteiger partial charge in [-0.1, -0.05) is 22.0 Å². The number of nitrogens with one attached hydrogen (secondary N) is 1. The van der Waals surface area contributed by atoms with Gasteiger partial charge in [-0.3, -0.25) is 4.72 Å². The third-order valence-electron chi connectivity index (χ3n) is 3.19. The van der Waals surface area contributed by atoms with E-state index >= 15 is 0 Å². The molecule has 0 aliphatic heterocycles. The van der Waals surface area contributed by atoms with Crippen molar-refractivity contribution < 1.29 is 13.2 Å². The molecule has 0 heterocycles. The summed E-state index contributed by atoms with van der Waals surface area (Å²) in [5.74, 6) is 0.464. The fraction of sp³-hybridized carbons (Fsp3) is 0.200. The summed E-state index contributed by atoms with van der Waals surface area (Å²) in [5.41, 5.74) is 2.37. The van der Waals surface area contributed by atoms with Crippen LogP contribution in [0.3, 0.4) is 0 Å². The van der Waals surface area contributed by atoms with Gasteiger partial charge in [-0.2, -0.15) is 0 Å². The molecule has 0 saturated heterocycles. The molecule has 0 saturated carbocycles. The first-order valence-electron chi connectivity index (χ1n) is 6.27. The summed E-state index contributed by atoms with van der Waals surface area (Å²) in [6.45, 7) is 3.82. The molecule has 4 nitrogen and oxygen atoms in total. The Morgan fingerprint density at radius 1 is 1.05 bits per heavy atom. The van der Waals surface area contributed by atoms with E-state index in [2.05, 4.69) is 20.7 Å². The van der Waals surface area contributed by atoms with Crippen LogP contribution >= 0.6 is 15.9 Å². The lowest BCUT2D eigenvalue weighted by Gasteiger charge is -2.13. The van der Waals surface area contributed by atoms with Crippen LogP contribution in [0.4, 0.5) is 5.69 Å². The summed E-state index contributed by atoms with van der Waals surface area (Å²) in [6, 6.07) is 10.2. The average molecular weight is 370 g/mol. The van der Waals surface area contributed by atoms with Gasteiger partial charge in [-0.05, 0) is 55.3 Å². The number of rotatable bonds is 4. The SMILES string of the molecule is COc1ccc(Br)cc1NS(=O)(=O)c1ccc(C)c(C)c1. The number of aryl methyl sites for hydroxylation is 2. The molecule has 0 radical (unpaired) electrons. The highest BCUT2D eigenvalue weighted by Crippen LogP contribution is 2.30. The molecule has 0 unspecified atom stereocenters. The van der Waals surface area contributed by atoms with E-state index in [1.54, 1.807) is 36.4 Å². The van der Waals surface area contributed by atoms with Gasteiger partial charge < -0.3 is 4.74 Å². The lowest BCUT2D eigenvalue weighted by atomic mass is 10.1. The van der Waals surface area contributed by atoms with Gasteiger partial charge in [0.15, 0.2) is 0 Å². The molecule has 2 aromatic rings. The van der Waals surface area contributed by atoms with Gasteiger partial charge >= 0.3 is 0 Å². The Labute approximate surface area is 133 Å². The van der Waals surface area contributed by atoms with E-state index in [4.69, 9.17) is 4.74 Å². The summed E-state index contributed by atoms with van der Waals surface area (Å²) in [6.07, 6.45) is 0. The largest absolute Gasteiger partial charge is 0.495 e. The van der Waals surface area contributed by atoms with Crippen molar-refractivity contribution >= 4 is 31.6 Å². The first-order chi connectivity index (χ1) is 9.83. The molecule has 2 rings (SSSR count). The van der Waals surface area contributed by atoms with Crippen molar-refractivity contribution in [3.8, 4) is 5.75 Å². The zero-order valence-electron chi connectivity index (χ0n) is 12.0. The second kappa shape index (κ2) is 6.07. The van der Waals surface area contributed by atoms with E-state index in [9.17, 15) is 8.42 Å². The molecule has 0 atom stereocenters. The summed E-state index contributed by atoms with van der Waals surface area (Å²) in [7, 11) is -2.16. The number of hydrogen-bond donors (Lipinski definition) is 1. The van der Waals surface area contributed by atoms with E-state index in [-0.39, 0.29) is 4.90 Å². The Hall–Kier alpha value is -1.53. The topological polar surface area (TPSA) is 55.4 Å². The van der Waals surface area contributed by atoms with E-state index < -0.39 is 10.0 Å². The van der Waals surface area contributed by atoms with E-state index in [0.29, 0.717) is 11.4 Å². The number of methoxy groups -OCH3 is 1. The van der Waals surface area contributed by atoms with E-state index in [1.807, 2.05) is 13.8 Å². The predicted octanol–water partition coefficient (Wildman–Crippen LogP) is 3.88. The smallest absolute Gasteiger partial charge is 0.262 e. The number of halogens is 1. The van der Waals surface area contributed by atoms with E-state index in [0.717, 1.165) is 15.6 Å². The van der Waals surface area contributed by atoms with Crippen LogP contribution in [0.25, 0.3) is 0 Å². The number of ether oxygens (including phenoxy) is 1. The van der Waals surface area contributed by atoms with Gasteiger partial charge in [-0.15, -0.1) is 0 Å². The number of hydrogen-bond acceptors (Lipinski definition) is 3. The second-order valence-corrected chi connectivity index (χ2v) is 7.29. The van der Waals surface area contributed by atoms with Crippen LogP contribution in [0.5, 0.6) is 5.75 Å². The Kier molecular flexibility index (Phi) is 4.58. The second-order valence-electron chi connectivity index (χ2n) is 4.70. The highest BCUT2D eigenvalue weighted by molar-refractivity contribution is 9.10. The number of sulfonamides is 1. The molecule has 6 heteroatoms. The van der Waals surface area contributed by atoms with Crippen molar-refractivity contribution in [2.24, 2.45) is 0 Å². The zero-order valence-corrected chi connectivity index (χ0v) is 14.4. The normalized spacial score (nSPS) is 11.2. The van der Waals surface area contributed by atoms with Crippen LogP contribution in [0.1, 0.15) is 11.1 Å².